The molecule has 15 heavy (non-hydrogen) atoms. The smallest absolute Gasteiger partial charge is 0.310 e. The summed E-state index contributed by atoms with van der Waals surface area (Å²) in [5, 5.41) is 0. The van der Waals surface area contributed by atoms with Crippen molar-refractivity contribution in [3.8, 4) is 0 Å². The molecule has 0 amide bonds. The first-order valence-corrected chi connectivity index (χ1v) is 5.44. The maximum absolute atomic E-state index is 11.4. The quantitative estimate of drug-likeness (QED) is 0.391. The second-order valence-electron chi connectivity index (χ2n) is 4.57. The summed E-state index contributed by atoms with van der Waals surface area (Å²) in [4.78, 5) is 11.4. The Hall–Kier alpha value is -1.05. The molecule has 0 spiro atoms. The van der Waals surface area contributed by atoms with Crippen LogP contribution in [0.15, 0.2) is 24.5 Å². The highest BCUT2D eigenvalue weighted by molar-refractivity contribution is 5.70. The molecule has 0 aromatic rings. The van der Waals surface area contributed by atoms with Crippen LogP contribution in [-0.4, -0.2) is 5.97 Å². The second kappa shape index (κ2) is 6.44. The average Bonchev–Trinajstić information content (AvgIpc) is 2.10. The number of hydrogen-bond acceptors (Lipinski definition) is 2. The van der Waals surface area contributed by atoms with Gasteiger partial charge in [-0.2, -0.15) is 0 Å². The fraction of sp³-hybridized carbons (Fsp3) is 0.615. The first-order chi connectivity index (χ1) is 6.91. The number of esters is 1. The molecule has 0 fully saturated rings. The molecular weight excluding hydrogens is 188 g/mol. The zero-order valence-electron chi connectivity index (χ0n) is 10.3. The number of ether oxygens (including phenoxy) is 1. The van der Waals surface area contributed by atoms with Gasteiger partial charge in [-0.05, 0) is 18.9 Å². The molecule has 0 unspecified atom stereocenters. The molecule has 0 saturated heterocycles. The van der Waals surface area contributed by atoms with Gasteiger partial charge in [0, 0.05) is 11.8 Å². The van der Waals surface area contributed by atoms with Gasteiger partial charge in [-0.1, -0.05) is 33.8 Å². The number of carbonyl (C=O) groups excluding carboxylic acids is 1. The highest BCUT2D eigenvalue weighted by Crippen LogP contribution is 2.27. The lowest BCUT2D eigenvalue weighted by atomic mass is 9.93. The van der Waals surface area contributed by atoms with Crippen molar-refractivity contribution in [3.63, 3.8) is 0 Å². The average molecular weight is 210 g/mol. The van der Waals surface area contributed by atoms with E-state index in [0.717, 1.165) is 18.6 Å². The van der Waals surface area contributed by atoms with Crippen LogP contribution < -0.4 is 0 Å². The van der Waals surface area contributed by atoms with Crippen LogP contribution >= 0.6 is 0 Å². The molecular formula is C13H22O2. The molecule has 0 radical (unpaired) electrons. The molecule has 2 nitrogen and oxygen atoms in total. The minimum atomic E-state index is -0.150. The number of hydrogen-bond donors (Lipinski definition) is 0. The van der Waals surface area contributed by atoms with Crippen molar-refractivity contribution in [2.24, 2.45) is 5.41 Å². The largest absolute Gasteiger partial charge is 0.431 e. The van der Waals surface area contributed by atoms with E-state index in [-0.39, 0.29) is 11.4 Å². The van der Waals surface area contributed by atoms with Crippen molar-refractivity contribution in [2.75, 3.05) is 0 Å². The molecule has 0 atom stereocenters. The summed E-state index contributed by atoms with van der Waals surface area (Å²) in [7, 11) is 0. The van der Waals surface area contributed by atoms with Gasteiger partial charge in [0.1, 0.15) is 5.76 Å². The third-order valence-corrected chi connectivity index (χ3v) is 1.89. The van der Waals surface area contributed by atoms with E-state index in [4.69, 9.17) is 4.74 Å². The molecule has 0 aromatic heterocycles. The van der Waals surface area contributed by atoms with Crippen molar-refractivity contribution in [3.05, 3.63) is 24.5 Å². The van der Waals surface area contributed by atoms with Gasteiger partial charge < -0.3 is 4.74 Å². The minimum Gasteiger partial charge on any atom is -0.431 e. The van der Waals surface area contributed by atoms with E-state index < -0.39 is 0 Å². The van der Waals surface area contributed by atoms with Gasteiger partial charge in [0.05, 0.1) is 0 Å². The zero-order valence-corrected chi connectivity index (χ0v) is 10.3. The summed E-state index contributed by atoms with van der Waals surface area (Å²) in [6, 6.07) is 0. The van der Waals surface area contributed by atoms with Crippen LogP contribution in [0.2, 0.25) is 0 Å². The maximum Gasteiger partial charge on any atom is 0.310 e. The van der Waals surface area contributed by atoms with Gasteiger partial charge in [0.2, 0.25) is 0 Å². The summed E-state index contributed by atoms with van der Waals surface area (Å²) >= 11 is 0. The van der Waals surface area contributed by atoms with Gasteiger partial charge in [-0.25, -0.2) is 0 Å². The molecule has 0 saturated carbocycles. The van der Waals surface area contributed by atoms with E-state index in [2.05, 4.69) is 6.58 Å². The lowest BCUT2D eigenvalue weighted by Crippen LogP contribution is -2.16. The first-order valence-electron chi connectivity index (χ1n) is 5.44. The Morgan fingerprint density at radius 2 is 2.00 bits per heavy atom. The summed E-state index contributed by atoms with van der Waals surface area (Å²) in [5.41, 5.74) is -0.133. The fourth-order valence-corrected chi connectivity index (χ4v) is 1.07. The molecule has 0 rings (SSSR count). The summed E-state index contributed by atoms with van der Waals surface area (Å²) < 4.78 is 5.33. The Morgan fingerprint density at radius 1 is 1.40 bits per heavy atom. The van der Waals surface area contributed by atoms with Crippen molar-refractivity contribution in [1.82, 2.24) is 0 Å². The number of rotatable bonds is 5. The van der Waals surface area contributed by atoms with Crippen molar-refractivity contribution in [1.29, 1.82) is 0 Å². The lowest BCUT2D eigenvalue weighted by molar-refractivity contribution is -0.141. The number of carbonyl (C=O) groups is 1. The van der Waals surface area contributed by atoms with E-state index >= 15 is 0 Å². The fourth-order valence-electron chi connectivity index (χ4n) is 1.07. The van der Waals surface area contributed by atoms with Gasteiger partial charge >= 0.3 is 5.97 Å². The van der Waals surface area contributed by atoms with Gasteiger partial charge in [0.15, 0.2) is 0 Å². The van der Waals surface area contributed by atoms with Crippen LogP contribution in [0.25, 0.3) is 0 Å². The third kappa shape index (κ3) is 6.10. The van der Waals surface area contributed by atoms with Crippen LogP contribution in [0.3, 0.4) is 0 Å². The highest BCUT2D eigenvalue weighted by atomic mass is 16.5. The predicted octanol–water partition coefficient (Wildman–Crippen LogP) is 3.84. The molecule has 2 heteroatoms. The maximum atomic E-state index is 11.4. The third-order valence-electron chi connectivity index (χ3n) is 1.89. The summed E-state index contributed by atoms with van der Waals surface area (Å²) in [5.74, 6) is 0.587. The molecule has 0 aliphatic carbocycles. The van der Waals surface area contributed by atoms with Crippen LogP contribution in [0.5, 0.6) is 0 Å². The van der Waals surface area contributed by atoms with E-state index in [1.807, 2.05) is 33.8 Å². The van der Waals surface area contributed by atoms with Crippen molar-refractivity contribution >= 4 is 5.97 Å². The van der Waals surface area contributed by atoms with Crippen LogP contribution in [0.1, 0.15) is 47.0 Å². The van der Waals surface area contributed by atoms with E-state index in [1.165, 1.54) is 0 Å². The van der Waals surface area contributed by atoms with Crippen LogP contribution in [-0.2, 0) is 9.53 Å². The molecule has 0 heterocycles. The summed E-state index contributed by atoms with van der Waals surface area (Å²) in [6.45, 7) is 11.7. The normalized spacial score (nSPS) is 12.4. The second-order valence-corrected chi connectivity index (χ2v) is 4.57. The molecule has 0 aliphatic rings. The summed E-state index contributed by atoms with van der Waals surface area (Å²) in [6.07, 6.45) is 5.73. The SMILES string of the molecule is C=CCC=C(OC(=O)CCC)C(C)(C)C. The Kier molecular flexibility index (Phi) is 5.99. The molecule has 86 valence electrons. The number of allylic oxidation sites excluding steroid dienone is 3. The zero-order chi connectivity index (χ0) is 11.9. The van der Waals surface area contributed by atoms with Gasteiger partial charge in [0.25, 0.3) is 0 Å². The van der Waals surface area contributed by atoms with Gasteiger partial charge in [-0.15, -0.1) is 6.58 Å². The molecule has 0 aromatic carbocycles. The first kappa shape index (κ1) is 13.9. The Balaban J connectivity index is 4.52. The highest BCUT2D eigenvalue weighted by Gasteiger charge is 2.20. The standard InChI is InChI=1S/C13H22O2/c1-6-8-10-11(13(3,4)5)15-12(14)9-7-2/h6,10H,1,7-9H2,2-5H3. The molecule has 0 bridgehead atoms. The Labute approximate surface area is 93.0 Å². The lowest BCUT2D eigenvalue weighted by Gasteiger charge is -2.22. The molecule has 0 N–H and O–H groups in total. The molecule has 0 aliphatic heterocycles. The van der Waals surface area contributed by atoms with E-state index in [0.29, 0.717) is 6.42 Å². The van der Waals surface area contributed by atoms with E-state index in [1.54, 1.807) is 6.08 Å². The van der Waals surface area contributed by atoms with Gasteiger partial charge in [-0.3, -0.25) is 4.79 Å². The Bertz CT molecular complexity index is 244. The van der Waals surface area contributed by atoms with Crippen molar-refractivity contribution in [2.45, 2.75) is 47.0 Å². The van der Waals surface area contributed by atoms with Crippen LogP contribution in [0, 0.1) is 5.41 Å². The Morgan fingerprint density at radius 3 is 2.40 bits per heavy atom. The topological polar surface area (TPSA) is 26.3 Å². The monoisotopic (exact) mass is 210 g/mol. The van der Waals surface area contributed by atoms with Crippen LogP contribution in [0.4, 0.5) is 0 Å². The van der Waals surface area contributed by atoms with E-state index in [9.17, 15) is 4.79 Å². The van der Waals surface area contributed by atoms with Crippen molar-refractivity contribution < 1.29 is 9.53 Å². The minimum absolute atomic E-state index is 0.133. The predicted molar refractivity (Wildman–Crippen MR) is 63.4 cm³/mol.